The third-order valence-corrected chi connectivity index (χ3v) is 3.27. The third-order valence-electron chi connectivity index (χ3n) is 2.66. The van der Waals surface area contributed by atoms with Gasteiger partial charge in [0.05, 0.1) is 17.1 Å². The standard InChI is InChI=1S/C14H12BrFN2O2/c1-20-12-7-9(5-6-17-12)8-18-14(19)10-3-2-4-11(15)13(10)16/h2-7H,8H2,1H3,(H,18,19). The molecule has 0 aliphatic carbocycles. The lowest BCUT2D eigenvalue weighted by atomic mass is 10.2. The van der Waals surface area contributed by atoms with Gasteiger partial charge >= 0.3 is 0 Å². The Morgan fingerprint density at radius 1 is 1.45 bits per heavy atom. The maximum absolute atomic E-state index is 13.8. The van der Waals surface area contributed by atoms with E-state index in [1.807, 2.05) is 0 Å². The number of rotatable bonds is 4. The molecule has 0 saturated carbocycles. The summed E-state index contributed by atoms with van der Waals surface area (Å²) in [4.78, 5) is 15.9. The van der Waals surface area contributed by atoms with Gasteiger partial charge < -0.3 is 10.1 Å². The molecule has 1 heterocycles. The smallest absolute Gasteiger partial charge is 0.254 e. The second-order valence-electron chi connectivity index (χ2n) is 3.99. The molecule has 4 nitrogen and oxygen atoms in total. The van der Waals surface area contributed by atoms with Crippen molar-refractivity contribution >= 4 is 21.8 Å². The molecule has 1 N–H and O–H groups in total. The number of nitrogens with zero attached hydrogens (tertiary/aromatic N) is 1. The number of nitrogens with one attached hydrogen (secondary N) is 1. The number of ether oxygens (including phenoxy) is 1. The van der Waals surface area contributed by atoms with E-state index in [0.717, 1.165) is 5.56 Å². The van der Waals surface area contributed by atoms with Gasteiger partial charge in [0.2, 0.25) is 5.88 Å². The van der Waals surface area contributed by atoms with Crippen molar-refractivity contribution in [3.63, 3.8) is 0 Å². The zero-order valence-electron chi connectivity index (χ0n) is 10.7. The first-order chi connectivity index (χ1) is 9.61. The molecule has 0 fully saturated rings. The fraction of sp³-hybridized carbons (Fsp3) is 0.143. The van der Waals surface area contributed by atoms with Crippen molar-refractivity contribution in [3.8, 4) is 5.88 Å². The minimum atomic E-state index is -0.572. The Morgan fingerprint density at radius 3 is 3.00 bits per heavy atom. The Bertz CT molecular complexity index is 634. The van der Waals surface area contributed by atoms with E-state index in [2.05, 4.69) is 26.2 Å². The Hall–Kier alpha value is -1.95. The molecule has 0 aliphatic rings. The van der Waals surface area contributed by atoms with Crippen LogP contribution in [0.3, 0.4) is 0 Å². The van der Waals surface area contributed by atoms with E-state index < -0.39 is 11.7 Å². The summed E-state index contributed by atoms with van der Waals surface area (Å²) in [7, 11) is 1.52. The summed E-state index contributed by atoms with van der Waals surface area (Å²) in [5, 5.41) is 2.65. The van der Waals surface area contributed by atoms with Crippen molar-refractivity contribution in [2.75, 3.05) is 7.11 Å². The predicted octanol–water partition coefficient (Wildman–Crippen LogP) is 2.92. The summed E-state index contributed by atoms with van der Waals surface area (Å²) >= 11 is 3.05. The molecule has 0 radical (unpaired) electrons. The average molecular weight is 339 g/mol. The lowest BCUT2D eigenvalue weighted by Crippen LogP contribution is -2.24. The number of pyridine rings is 1. The van der Waals surface area contributed by atoms with Crippen molar-refractivity contribution in [2.24, 2.45) is 0 Å². The fourth-order valence-corrected chi connectivity index (χ4v) is 1.99. The molecule has 0 saturated heterocycles. The lowest BCUT2D eigenvalue weighted by molar-refractivity contribution is 0.0946. The molecule has 1 amide bonds. The molecule has 0 unspecified atom stereocenters. The number of halogens is 2. The molecular weight excluding hydrogens is 327 g/mol. The monoisotopic (exact) mass is 338 g/mol. The van der Waals surface area contributed by atoms with E-state index >= 15 is 0 Å². The van der Waals surface area contributed by atoms with E-state index in [1.54, 1.807) is 30.5 Å². The molecule has 0 spiro atoms. The van der Waals surface area contributed by atoms with E-state index in [4.69, 9.17) is 4.74 Å². The molecule has 2 aromatic rings. The minimum absolute atomic E-state index is 0.000367. The predicted molar refractivity (Wildman–Crippen MR) is 76.1 cm³/mol. The summed E-state index contributed by atoms with van der Waals surface area (Å²) < 4.78 is 19.0. The zero-order valence-corrected chi connectivity index (χ0v) is 12.3. The molecule has 0 aliphatic heterocycles. The average Bonchev–Trinajstić information content (AvgIpc) is 2.48. The summed E-state index contributed by atoms with van der Waals surface area (Å²) in [6.07, 6.45) is 1.58. The Balaban J connectivity index is 2.06. The fourth-order valence-electron chi connectivity index (χ4n) is 1.63. The van der Waals surface area contributed by atoms with Gasteiger partial charge in [0.25, 0.3) is 5.91 Å². The van der Waals surface area contributed by atoms with Crippen LogP contribution in [0.15, 0.2) is 41.0 Å². The van der Waals surface area contributed by atoms with Crippen LogP contribution in [0.1, 0.15) is 15.9 Å². The molecule has 104 valence electrons. The summed E-state index contributed by atoms with van der Waals surface area (Å²) in [6.45, 7) is 0.268. The molecule has 1 aromatic heterocycles. The van der Waals surface area contributed by atoms with Gasteiger partial charge in [-0.15, -0.1) is 0 Å². The van der Waals surface area contributed by atoms with Crippen LogP contribution in [-0.4, -0.2) is 18.0 Å². The minimum Gasteiger partial charge on any atom is -0.481 e. The number of benzene rings is 1. The number of aromatic nitrogens is 1. The highest BCUT2D eigenvalue weighted by atomic mass is 79.9. The van der Waals surface area contributed by atoms with Crippen molar-refractivity contribution < 1.29 is 13.9 Å². The Labute approximate surface area is 124 Å². The van der Waals surface area contributed by atoms with Gasteiger partial charge in [-0.05, 0) is 39.7 Å². The van der Waals surface area contributed by atoms with Crippen LogP contribution in [-0.2, 0) is 6.54 Å². The molecule has 6 heteroatoms. The van der Waals surface area contributed by atoms with Crippen LogP contribution in [0, 0.1) is 5.82 Å². The normalized spacial score (nSPS) is 10.2. The van der Waals surface area contributed by atoms with E-state index in [9.17, 15) is 9.18 Å². The van der Waals surface area contributed by atoms with Gasteiger partial charge in [-0.25, -0.2) is 9.37 Å². The molecule has 20 heavy (non-hydrogen) atoms. The lowest BCUT2D eigenvalue weighted by Gasteiger charge is -2.07. The maximum Gasteiger partial charge on any atom is 0.254 e. The first kappa shape index (κ1) is 14.5. The maximum atomic E-state index is 13.8. The zero-order chi connectivity index (χ0) is 14.5. The second kappa shape index (κ2) is 6.47. The van der Waals surface area contributed by atoms with Crippen LogP contribution in [0.5, 0.6) is 5.88 Å². The largest absolute Gasteiger partial charge is 0.481 e. The van der Waals surface area contributed by atoms with Gasteiger partial charge in [0, 0.05) is 18.8 Å². The Kier molecular flexibility index (Phi) is 4.68. The van der Waals surface area contributed by atoms with Crippen LogP contribution in [0.2, 0.25) is 0 Å². The van der Waals surface area contributed by atoms with E-state index in [-0.39, 0.29) is 16.6 Å². The second-order valence-corrected chi connectivity index (χ2v) is 4.84. The van der Waals surface area contributed by atoms with Crippen molar-refractivity contribution in [3.05, 3.63) is 57.9 Å². The SMILES string of the molecule is COc1cc(CNC(=O)c2cccc(Br)c2F)ccn1. The number of methoxy groups -OCH3 is 1. The number of hydrogen-bond donors (Lipinski definition) is 1. The molecule has 2 rings (SSSR count). The topological polar surface area (TPSA) is 51.2 Å². The summed E-state index contributed by atoms with van der Waals surface area (Å²) in [6, 6.07) is 8.04. The highest BCUT2D eigenvalue weighted by molar-refractivity contribution is 9.10. The van der Waals surface area contributed by atoms with Gasteiger partial charge in [0.15, 0.2) is 0 Å². The number of amides is 1. The van der Waals surface area contributed by atoms with Gasteiger partial charge in [-0.1, -0.05) is 6.07 Å². The van der Waals surface area contributed by atoms with Crippen LogP contribution in [0.4, 0.5) is 4.39 Å². The quantitative estimate of drug-likeness (QED) is 0.932. The van der Waals surface area contributed by atoms with Crippen LogP contribution >= 0.6 is 15.9 Å². The van der Waals surface area contributed by atoms with Crippen LogP contribution < -0.4 is 10.1 Å². The van der Waals surface area contributed by atoms with Crippen LogP contribution in [0.25, 0.3) is 0 Å². The van der Waals surface area contributed by atoms with Crippen molar-refractivity contribution in [1.82, 2.24) is 10.3 Å². The molecule has 1 aromatic carbocycles. The molecule has 0 bridgehead atoms. The molecule has 0 atom stereocenters. The first-order valence-corrected chi connectivity index (χ1v) is 6.62. The van der Waals surface area contributed by atoms with Gasteiger partial charge in [-0.3, -0.25) is 4.79 Å². The third kappa shape index (κ3) is 3.33. The van der Waals surface area contributed by atoms with Crippen molar-refractivity contribution in [1.29, 1.82) is 0 Å². The summed E-state index contributed by atoms with van der Waals surface area (Å²) in [5.41, 5.74) is 0.820. The molecular formula is C14H12BrFN2O2. The number of hydrogen-bond acceptors (Lipinski definition) is 3. The highest BCUT2D eigenvalue weighted by Gasteiger charge is 2.13. The Morgan fingerprint density at radius 2 is 2.25 bits per heavy atom. The first-order valence-electron chi connectivity index (χ1n) is 5.83. The number of carbonyl (C=O) groups is 1. The highest BCUT2D eigenvalue weighted by Crippen LogP contribution is 2.18. The van der Waals surface area contributed by atoms with E-state index in [1.165, 1.54) is 13.2 Å². The van der Waals surface area contributed by atoms with Gasteiger partial charge in [-0.2, -0.15) is 0 Å². The van der Waals surface area contributed by atoms with Gasteiger partial charge in [0.1, 0.15) is 5.82 Å². The van der Waals surface area contributed by atoms with E-state index in [0.29, 0.717) is 5.88 Å². The number of carbonyl (C=O) groups excluding carboxylic acids is 1. The van der Waals surface area contributed by atoms with Crippen molar-refractivity contribution in [2.45, 2.75) is 6.54 Å². The summed E-state index contributed by atoms with van der Waals surface area (Å²) in [5.74, 6) is -0.581.